The molecule has 0 radical (unpaired) electrons. The van der Waals surface area contributed by atoms with Crippen LogP contribution in [0, 0.1) is 11.3 Å². The molecule has 1 heteroatoms. The number of hydrogen-bond acceptors (Lipinski definition) is 1. The summed E-state index contributed by atoms with van der Waals surface area (Å²) in [5.41, 5.74) is 2.09. The maximum Gasteiger partial charge on any atom is 0.0944 e. The van der Waals surface area contributed by atoms with Gasteiger partial charge in [-0.2, -0.15) is 5.26 Å². The molecule has 0 aliphatic carbocycles. The fourth-order valence-electron chi connectivity index (χ4n) is 1.09. The molecular formula is C11H17N. The van der Waals surface area contributed by atoms with E-state index in [0.717, 1.165) is 24.8 Å². The van der Waals surface area contributed by atoms with Gasteiger partial charge in [0.1, 0.15) is 0 Å². The molecular weight excluding hydrogens is 146 g/mol. The van der Waals surface area contributed by atoms with Gasteiger partial charge < -0.3 is 0 Å². The van der Waals surface area contributed by atoms with Crippen LogP contribution in [0.5, 0.6) is 0 Å². The van der Waals surface area contributed by atoms with Crippen molar-refractivity contribution in [3.8, 4) is 6.07 Å². The van der Waals surface area contributed by atoms with Crippen LogP contribution < -0.4 is 0 Å². The molecule has 0 aromatic carbocycles. The zero-order valence-corrected chi connectivity index (χ0v) is 8.22. The van der Waals surface area contributed by atoms with Crippen LogP contribution in [-0.4, -0.2) is 0 Å². The van der Waals surface area contributed by atoms with Crippen molar-refractivity contribution < 1.29 is 0 Å². The first-order chi connectivity index (χ1) is 5.74. The van der Waals surface area contributed by atoms with Crippen molar-refractivity contribution >= 4 is 0 Å². The van der Waals surface area contributed by atoms with Crippen LogP contribution in [0.2, 0.25) is 0 Å². The molecule has 0 aliphatic rings. The van der Waals surface area contributed by atoms with Crippen LogP contribution in [0.25, 0.3) is 0 Å². The third-order valence-electron chi connectivity index (χ3n) is 1.58. The minimum atomic E-state index is 0.795. The minimum absolute atomic E-state index is 0.795. The summed E-state index contributed by atoms with van der Waals surface area (Å²) in [5, 5.41) is 8.57. The highest BCUT2D eigenvalue weighted by molar-refractivity contribution is 5.29. The number of rotatable bonds is 4. The monoisotopic (exact) mass is 163 g/mol. The normalized spacial score (nSPS) is 12.8. The van der Waals surface area contributed by atoms with E-state index in [-0.39, 0.29) is 0 Å². The first kappa shape index (κ1) is 11.0. The fraction of sp³-hybridized carbons (Fsp3) is 0.545. The molecule has 0 bridgehead atoms. The molecule has 0 fully saturated rings. The van der Waals surface area contributed by atoms with Gasteiger partial charge in [0.2, 0.25) is 0 Å². The van der Waals surface area contributed by atoms with Crippen molar-refractivity contribution in [2.75, 3.05) is 0 Å². The Morgan fingerprint density at radius 2 is 2.08 bits per heavy atom. The highest BCUT2D eigenvalue weighted by Gasteiger charge is 1.91. The number of hydrogen-bond donors (Lipinski definition) is 0. The Labute approximate surface area is 75.4 Å². The summed E-state index contributed by atoms with van der Waals surface area (Å²) in [6.45, 7) is 6.11. The van der Waals surface area contributed by atoms with E-state index in [1.807, 2.05) is 13.0 Å². The first-order valence-corrected chi connectivity index (χ1v) is 4.52. The van der Waals surface area contributed by atoms with Crippen molar-refractivity contribution in [3.63, 3.8) is 0 Å². The number of nitriles is 1. The largest absolute Gasteiger partial charge is 0.193 e. The summed E-state index contributed by atoms with van der Waals surface area (Å²) in [7, 11) is 0. The molecule has 0 aromatic rings. The molecule has 1 nitrogen and oxygen atoms in total. The van der Waals surface area contributed by atoms with Crippen LogP contribution in [0.1, 0.15) is 40.0 Å². The zero-order chi connectivity index (χ0) is 9.40. The second kappa shape index (κ2) is 6.67. The third kappa shape index (κ3) is 4.73. The van der Waals surface area contributed by atoms with E-state index < -0.39 is 0 Å². The van der Waals surface area contributed by atoms with Crippen molar-refractivity contribution in [1.82, 2.24) is 0 Å². The van der Waals surface area contributed by atoms with Crippen LogP contribution in [0.3, 0.4) is 0 Å². The van der Waals surface area contributed by atoms with Gasteiger partial charge in [0.05, 0.1) is 6.07 Å². The first-order valence-electron chi connectivity index (χ1n) is 4.52. The lowest BCUT2D eigenvalue weighted by molar-refractivity contribution is 0.916. The van der Waals surface area contributed by atoms with Gasteiger partial charge in [0.25, 0.3) is 0 Å². The van der Waals surface area contributed by atoms with Crippen molar-refractivity contribution in [2.24, 2.45) is 0 Å². The van der Waals surface area contributed by atoms with E-state index >= 15 is 0 Å². The Morgan fingerprint density at radius 1 is 1.42 bits per heavy atom. The SMILES string of the molecule is CC/C=C(/C=C(\C)C#N)CCC. The summed E-state index contributed by atoms with van der Waals surface area (Å²) in [4.78, 5) is 0. The lowest BCUT2D eigenvalue weighted by Crippen LogP contribution is -1.80. The molecule has 0 rings (SSSR count). The second-order valence-electron chi connectivity index (χ2n) is 2.88. The lowest BCUT2D eigenvalue weighted by Gasteiger charge is -1.98. The van der Waals surface area contributed by atoms with E-state index in [1.54, 1.807) is 0 Å². The average Bonchev–Trinajstić information content (AvgIpc) is 2.05. The lowest BCUT2D eigenvalue weighted by atomic mass is 10.1. The fourth-order valence-corrected chi connectivity index (χ4v) is 1.09. The van der Waals surface area contributed by atoms with Crippen LogP contribution in [0.15, 0.2) is 23.3 Å². The van der Waals surface area contributed by atoms with E-state index in [0.29, 0.717) is 0 Å². The summed E-state index contributed by atoms with van der Waals surface area (Å²) >= 11 is 0. The summed E-state index contributed by atoms with van der Waals surface area (Å²) in [6.07, 6.45) is 7.43. The molecule has 0 unspecified atom stereocenters. The molecule has 0 N–H and O–H groups in total. The second-order valence-corrected chi connectivity index (χ2v) is 2.88. The molecule has 0 heterocycles. The maximum atomic E-state index is 8.57. The highest BCUT2D eigenvalue weighted by Crippen LogP contribution is 2.09. The molecule has 0 saturated heterocycles. The maximum absolute atomic E-state index is 8.57. The smallest absolute Gasteiger partial charge is 0.0944 e. The number of nitrogens with zero attached hydrogens (tertiary/aromatic N) is 1. The molecule has 0 aliphatic heterocycles. The van der Waals surface area contributed by atoms with Crippen LogP contribution >= 0.6 is 0 Å². The molecule has 66 valence electrons. The van der Waals surface area contributed by atoms with Gasteiger partial charge in [-0.25, -0.2) is 0 Å². The summed E-state index contributed by atoms with van der Waals surface area (Å²) in [5.74, 6) is 0. The molecule has 0 aromatic heterocycles. The molecule has 0 amide bonds. The van der Waals surface area contributed by atoms with Gasteiger partial charge >= 0.3 is 0 Å². The van der Waals surface area contributed by atoms with Crippen molar-refractivity contribution in [1.29, 1.82) is 5.26 Å². The van der Waals surface area contributed by atoms with Crippen LogP contribution in [0.4, 0.5) is 0 Å². The highest BCUT2D eigenvalue weighted by atomic mass is 14.2. The van der Waals surface area contributed by atoms with Gasteiger partial charge in [0, 0.05) is 5.57 Å². The van der Waals surface area contributed by atoms with E-state index in [4.69, 9.17) is 5.26 Å². The molecule has 0 spiro atoms. The number of allylic oxidation sites excluding steroid dienone is 4. The van der Waals surface area contributed by atoms with E-state index in [9.17, 15) is 0 Å². The van der Waals surface area contributed by atoms with Crippen molar-refractivity contribution in [2.45, 2.75) is 40.0 Å². The van der Waals surface area contributed by atoms with Gasteiger partial charge in [-0.05, 0) is 25.8 Å². The van der Waals surface area contributed by atoms with Gasteiger partial charge in [0.15, 0.2) is 0 Å². The topological polar surface area (TPSA) is 23.8 Å². The summed E-state index contributed by atoms with van der Waals surface area (Å²) < 4.78 is 0. The molecule has 0 atom stereocenters. The predicted molar refractivity (Wildman–Crippen MR) is 52.7 cm³/mol. The van der Waals surface area contributed by atoms with E-state index in [2.05, 4.69) is 26.0 Å². The Hall–Kier alpha value is -1.03. The zero-order valence-electron chi connectivity index (χ0n) is 8.22. The van der Waals surface area contributed by atoms with Gasteiger partial charge in [-0.3, -0.25) is 0 Å². The molecule has 0 saturated carbocycles. The Balaban J connectivity index is 4.34. The Morgan fingerprint density at radius 3 is 2.50 bits per heavy atom. The predicted octanol–water partition coefficient (Wildman–Crippen LogP) is 3.59. The third-order valence-corrected chi connectivity index (χ3v) is 1.58. The van der Waals surface area contributed by atoms with Crippen LogP contribution in [-0.2, 0) is 0 Å². The Kier molecular flexibility index (Phi) is 6.09. The van der Waals surface area contributed by atoms with Gasteiger partial charge in [-0.1, -0.05) is 31.9 Å². The average molecular weight is 163 g/mol. The minimum Gasteiger partial charge on any atom is -0.193 e. The quantitative estimate of drug-likeness (QED) is 0.459. The summed E-state index contributed by atoms with van der Waals surface area (Å²) in [6, 6.07) is 2.13. The standard InChI is InChI=1S/C11H17N/c1-4-6-11(7-5-2)8-10(3)9-12/h6,8H,4-5,7H2,1-3H3/b10-8+,11-6+. The molecule has 12 heavy (non-hydrogen) atoms. The van der Waals surface area contributed by atoms with Gasteiger partial charge in [-0.15, -0.1) is 0 Å². The van der Waals surface area contributed by atoms with Crippen molar-refractivity contribution in [3.05, 3.63) is 23.3 Å². The Bertz CT molecular complexity index is 216. The van der Waals surface area contributed by atoms with E-state index in [1.165, 1.54) is 5.57 Å².